The lowest BCUT2D eigenvalue weighted by Crippen LogP contribution is -2.28. The summed E-state index contributed by atoms with van der Waals surface area (Å²) in [6.07, 6.45) is 1.68. The molecule has 2 aromatic carbocycles. The van der Waals surface area contributed by atoms with Crippen LogP contribution in [0.15, 0.2) is 64.5 Å². The van der Waals surface area contributed by atoms with Crippen molar-refractivity contribution < 1.29 is 14.3 Å². The van der Waals surface area contributed by atoms with E-state index in [1.165, 1.54) is 11.8 Å². The van der Waals surface area contributed by atoms with Crippen LogP contribution in [0, 0.1) is 0 Å². The van der Waals surface area contributed by atoms with E-state index in [1.54, 1.807) is 29.2 Å². The maximum absolute atomic E-state index is 12.7. The highest BCUT2D eigenvalue weighted by molar-refractivity contribution is 8.18. The Morgan fingerprint density at radius 1 is 1.18 bits per heavy atom. The van der Waals surface area contributed by atoms with Crippen molar-refractivity contribution in [2.24, 2.45) is 4.99 Å². The first-order chi connectivity index (χ1) is 13.5. The van der Waals surface area contributed by atoms with Crippen LogP contribution in [0.4, 0.5) is 5.69 Å². The highest BCUT2D eigenvalue weighted by Gasteiger charge is 2.32. The molecule has 1 saturated heterocycles. The van der Waals surface area contributed by atoms with Crippen LogP contribution in [0.25, 0.3) is 6.08 Å². The largest absolute Gasteiger partial charge is 0.459 e. The number of likely N-dealkylation sites (N-methyl/N-ethyl adjacent to an activating group) is 1. The number of benzene rings is 2. The van der Waals surface area contributed by atoms with Crippen molar-refractivity contribution in [1.82, 2.24) is 4.90 Å². The maximum Gasteiger partial charge on any atom is 0.338 e. The number of thioether (sulfide) groups is 1. The summed E-state index contributed by atoms with van der Waals surface area (Å²) < 4.78 is 5.24. The van der Waals surface area contributed by atoms with Crippen molar-refractivity contribution in [2.45, 2.75) is 26.9 Å². The average Bonchev–Trinajstić information content (AvgIpc) is 2.96. The summed E-state index contributed by atoms with van der Waals surface area (Å²) in [5.74, 6) is -0.449. The van der Waals surface area contributed by atoms with Crippen LogP contribution in [0.2, 0.25) is 0 Å². The number of nitrogens with zero attached hydrogens (tertiary/aromatic N) is 2. The minimum absolute atomic E-state index is 0.0644. The van der Waals surface area contributed by atoms with E-state index in [0.29, 0.717) is 27.9 Å². The second-order valence-electron chi connectivity index (χ2n) is 6.47. The molecule has 1 heterocycles. The van der Waals surface area contributed by atoms with Gasteiger partial charge in [-0.1, -0.05) is 36.4 Å². The second-order valence-corrected chi connectivity index (χ2v) is 7.48. The molecule has 1 aliphatic heterocycles. The minimum Gasteiger partial charge on any atom is -0.459 e. The van der Waals surface area contributed by atoms with Gasteiger partial charge in [0.25, 0.3) is 5.91 Å². The summed E-state index contributed by atoms with van der Waals surface area (Å²) in [4.78, 5) is 31.7. The third kappa shape index (κ3) is 4.70. The number of esters is 1. The first-order valence-corrected chi connectivity index (χ1v) is 9.95. The summed E-state index contributed by atoms with van der Waals surface area (Å²) in [5.41, 5.74) is 2.01. The number of hydrogen-bond donors (Lipinski definition) is 0. The Labute approximate surface area is 169 Å². The normalized spacial score (nSPS) is 17.0. The van der Waals surface area contributed by atoms with E-state index in [1.807, 2.05) is 57.2 Å². The lowest BCUT2D eigenvalue weighted by molar-refractivity contribution is -0.122. The first kappa shape index (κ1) is 19.9. The van der Waals surface area contributed by atoms with Gasteiger partial charge in [-0.2, -0.15) is 0 Å². The quantitative estimate of drug-likeness (QED) is 0.536. The Balaban J connectivity index is 1.88. The molecule has 0 bridgehead atoms. The zero-order valence-electron chi connectivity index (χ0n) is 16.1. The van der Waals surface area contributed by atoms with Crippen LogP contribution in [0.1, 0.15) is 36.7 Å². The molecule has 2 aromatic rings. The summed E-state index contributed by atoms with van der Waals surface area (Å²) in [5, 5.41) is 0.601. The molecular weight excluding hydrogens is 372 g/mol. The van der Waals surface area contributed by atoms with Gasteiger partial charge in [-0.3, -0.25) is 9.69 Å². The number of aliphatic imine (C=N–C) groups is 1. The Morgan fingerprint density at radius 2 is 1.93 bits per heavy atom. The van der Waals surface area contributed by atoms with Crippen molar-refractivity contribution in [3.8, 4) is 0 Å². The van der Waals surface area contributed by atoms with Gasteiger partial charge in [0.05, 0.1) is 22.3 Å². The molecule has 0 aliphatic carbocycles. The minimum atomic E-state index is -0.385. The van der Waals surface area contributed by atoms with Gasteiger partial charge in [-0.25, -0.2) is 9.79 Å². The van der Waals surface area contributed by atoms with Gasteiger partial charge < -0.3 is 4.74 Å². The molecule has 3 rings (SSSR count). The van der Waals surface area contributed by atoms with E-state index in [-0.39, 0.29) is 18.0 Å². The molecule has 0 N–H and O–H groups in total. The molecule has 5 nitrogen and oxygen atoms in total. The van der Waals surface area contributed by atoms with E-state index in [9.17, 15) is 9.59 Å². The molecule has 0 atom stereocenters. The monoisotopic (exact) mass is 394 g/mol. The SMILES string of the molecule is CCN1C(=O)/C(=C\c2ccccc2)SC1=Nc1cccc(C(=O)OC(C)C)c1. The average molecular weight is 394 g/mol. The predicted octanol–water partition coefficient (Wildman–Crippen LogP) is 4.88. The number of carbonyl (C=O) groups is 2. The summed E-state index contributed by atoms with van der Waals surface area (Å²) in [7, 11) is 0. The molecule has 28 heavy (non-hydrogen) atoms. The smallest absolute Gasteiger partial charge is 0.338 e. The van der Waals surface area contributed by atoms with Crippen LogP contribution in [-0.4, -0.2) is 34.6 Å². The van der Waals surface area contributed by atoms with Gasteiger partial charge in [0, 0.05) is 6.54 Å². The number of hydrogen-bond acceptors (Lipinski definition) is 5. The Hall–Kier alpha value is -2.86. The number of carbonyl (C=O) groups excluding carboxylic acids is 2. The molecule has 0 aromatic heterocycles. The van der Waals surface area contributed by atoms with Crippen LogP contribution >= 0.6 is 11.8 Å². The Bertz CT molecular complexity index is 936. The molecule has 0 radical (unpaired) electrons. The van der Waals surface area contributed by atoms with Gasteiger partial charge in [-0.15, -0.1) is 0 Å². The van der Waals surface area contributed by atoms with Crippen molar-refractivity contribution in [1.29, 1.82) is 0 Å². The van der Waals surface area contributed by atoms with E-state index in [0.717, 1.165) is 5.56 Å². The summed E-state index contributed by atoms with van der Waals surface area (Å²) >= 11 is 1.34. The Kier molecular flexibility index (Phi) is 6.31. The van der Waals surface area contributed by atoms with Crippen molar-refractivity contribution in [3.05, 3.63) is 70.6 Å². The molecule has 1 aliphatic rings. The standard InChI is InChI=1S/C22H22N2O3S/c1-4-24-20(25)19(13-16-9-6-5-7-10-16)28-22(24)23-18-12-8-11-17(14-18)21(26)27-15(2)3/h5-15H,4H2,1-3H3/b19-13+,23-22?. The molecule has 0 spiro atoms. The number of ether oxygens (including phenoxy) is 1. The second kappa shape index (κ2) is 8.89. The van der Waals surface area contributed by atoms with Gasteiger partial charge in [0.2, 0.25) is 0 Å². The fourth-order valence-electron chi connectivity index (χ4n) is 2.67. The lowest BCUT2D eigenvalue weighted by Gasteiger charge is -2.12. The first-order valence-electron chi connectivity index (χ1n) is 9.14. The van der Waals surface area contributed by atoms with Crippen LogP contribution in [0.3, 0.4) is 0 Å². The molecular formula is C22H22N2O3S. The lowest BCUT2D eigenvalue weighted by atomic mass is 10.2. The van der Waals surface area contributed by atoms with E-state index in [2.05, 4.69) is 4.99 Å². The molecule has 0 unspecified atom stereocenters. The summed E-state index contributed by atoms with van der Waals surface area (Å²) in [6, 6.07) is 16.6. The van der Waals surface area contributed by atoms with Crippen LogP contribution < -0.4 is 0 Å². The van der Waals surface area contributed by atoms with Crippen LogP contribution in [0.5, 0.6) is 0 Å². The maximum atomic E-state index is 12.7. The molecule has 1 amide bonds. The topological polar surface area (TPSA) is 59.0 Å². The third-order valence-corrected chi connectivity index (χ3v) is 4.96. The fourth-order valence-corrected chi connectivity index (χ4v) is 3.73. The van der Waals surface area contributed by atoms with Gasteiger partial charge in [0.1, 0.15) is 0 Å². The van der Waals surface area contributed by atoms with Gasteiger partial charge >= 0.3 is 5.97 Å². The van der Waals surface area contributed by atoms with Gasteiger partial charge in [0.15, 0.2) is 5.17 Å². The number of amidine groups is 1. The third-order valence-electron chi connectivity index (χ3n) is 3.95. The van der Waals surface area contributed by atoms with Crippen molar-refractivity contribution in [3.63, 3.8) is 0 Å². The van der Waals surface area contributed by atoms with E-state index < -0.39 is 0 Å². The summed E-state index contributed by atoms with van der Waals surface area (Å²) in [6.45, 7) is 6.05. The van der Waals surface area contributed by atoms with Crippen LogP contribution in [-0.2, 0) is 9.53 Å². The molecule has 144 valence electrons. The highest BCUT2D eigenvalue weighted by Crippen LogP contribution is 2.34. The molecule has 6 heteroatoms. The number of amides is 1. The van der Waals surface area contributed by atoms with Crippen molar-refractivity contribution >= 4 is 40.6 Å². The molecule has 1 fully saturated rings. The van der Waals surface area contributed by atoms with E-state index >= 15 is 0 Å². The Morgan fingerprint density at radius 3 is 2.61 bits per heavy atom. The molecule has 0 saturated carbocycles. The fraction of sp³-hybridized carbons (Fsp3) is 0.227. The van der Waals surface area contributed by atoms with Crippen molar-refractivity contribution in [2.75, 3.05) is 6.54 Å². The zero-order chi connectivity index (χ0) is 20.1. The number of rotatable bonds is 5. The highest BCUT2D eigenvalue weighted by atomic mass is 32.2. The zero-order valence-corrected chi connectivity index (χ0v) is 16.9. The predicted molar refractivity (Wildman–Crippen MR) is 113 cm³/mol. The van der Waals surface area contributed by atoms with Gasteiger partial charge in [-0.05, 0) is 62.4 Å². The van der Waals surface area contributed by atoms with E-state index in [4.69, 9.17) is 4.74 Å².